The highest BCUT2D eigenvalue weighted by Crippen LogP contribution is 2.28. The number of aromatic nitrogens is 2. The Morgan fingerprint density at radius 2 is 1.68 bits per heavy atom. The number of alkyl halides is 3. The standard InChI is InChI=1S/C11H9F3N4O/c12-11(13,14)19-7-3-1-6(2-4-7)8-5-17-10(16)18-9(8)15/h1-5H,(H4,15,16,17,18). The van der Waals surface area contributed by atoms with Crippen molar-refractivity contribution in [3.05, 3.63) is 30.5 Å². The molecule has 4 N–H and O–H groups in total. The Hall–Kier alpha value is -2.51. The Labute approximate surface area is 106 Å². The molecule has 1 heterocycles. The monoisotopic (exact) mass is 270 g/mol. The minimum Gasteiger partial charge on any atom is -0.406 e. The van der Waals surface area contributed by atoms with E-state index in [4.69, 9.17) is 11.5 Å². The number of halogens is 3. The smallest absolute Gasteiger partial charge is 0.406 e. The van der Waals surface area contributed by atoms with Crippen molar-refractivity contribution in [3.8, 4) is 16.9 Å². The number of nitrogens with zero attached hydrogens (tertiary/aromatic N) is 2. The molecule has 0 spiro atoms. The van der Waals surface area contributed by atoms with Gasteiger partial charge in [0.2, 0.25) is 5.95 Å². The van der Waals surface area contributed by atoms with Crippen molar-refractivity contribution in [2.75, 3.05) is 11.5 Å². The first-order valence-electron chi connectivity index (χ1n) is 5.09. The second-order valence-corrected chi connectivity index (χ2v) is 3.60. The number of hydrogen-bond acceptors (Lipinski definition) is 5. The van der Waals surface area contributed by atoms with Crippen molar-refractivity contribution >= 4 is 11.8 Å². The summed E-state index contributed by atoms with van der Waals surface area (Å²) < 4.78 is 39.8. The molecule has 1 aromatic heterocycles. The van der Waals surface area contributed by atoms with E-state index < -0.39 is 6.36 Å². The van der Waals surface area contributed by atoms with E-state index in [-0.39, 0.29) is 17.5 Å². The lowest BCUT2D eigenvalue weighted by Gasteiger charge is -2.10. The first-order chi connectivity index (χ1) is 8.85. The lowest BCUT2D eigenvalue weighted by atomic mass is 10.1. The van der Waals surface area contributed by atoms with Crippen LogP contribution >= 0.6 is 0 Å². The summed E-state index contributed by atoms with van der Waals surface area (Å²) in [4.78, 5) is 7.54. The van der Waals surface area contributed by atoms with Crippen molar-refractivity contribution in [1.82, 2.24) is 9.97 Å². The lowest BCUT2D eigenvalue weighted by Crippen LogP contribution is -2.16. The number of anilines is 2. The summed E-state index contributed by atoms with van der Waals surface area (Å²) >= 11 is 0. The maximum atomic E-state index is 12.0. The third kappa shape index (κ3) is 3.24. The topological polar surface area (TPSA) is 87.0 Å². The summed E-state index contributed by atoms with van der Waals surface area (Å²) in [6, 6.07) is 5.20. The molecule has 2 rings (SSSR count). The molecule has 0 fully saturated rings. The van der Waals surface area contributed by atoms with Gasteiger partial charge in [0.1, 0.15) is 11.6 Å². The van der Waals surface area contributed by atoms with Crippen LogP contribution in [0, 0.1) is 0 Å². The predicted molar refractivity (Wildman–Crippen MR) is 63.0 cm³/mol. The van der Waals surface area contributed by atoms with E-state index in [1.807, 2.05) is 0 Å². The van der Waals surface area contributed by atoms with Gasteiger partial charge in [-0.05, 0) is 17.7 Å². The molecule has 0 radical (unpaired) electrons. The van der Waals surface area contributed by atoms with E-state index in [1.54, 1.807) is 0 Å². The van der Waals surface area contributed by atoms with E-state index in [1.165, 1.54) is 30.5 Å². The van der Waals surface area contributed by atoms with Crippen molar-refractivity contribution < 1.29 is 17.9 Å². The molecular formula is C11H9F3N4O. The zero-order valence-corrected chi connectivity index (χ0v) is 9.48. The molecule has 0 aliphatic carbocycles. The number of rotatable bonds is 2. The first-order valence-corrected chi connectivity index (χ1v) is 5.09. The molecule has 0 saturated heterocycles. The summed E-state index contributed by atoms with van der Waals surface area (Å²) in [5.74, 6) is -0.138. The normalized spacial score (nSPS) is 11.3. The van der Waals surface area contributed by atoms with E-state index in [0.717, 1.165) is 0 Å². The van der Waals surface area contributed by atoms with Crippen LogP contribution in [0.15, 0.2) is 30.5 Å². The highest BCUT2D eigenvalue weighted by atomic mass is 19.4. The quantitative estimate of drug-likeness (QED) is 0.873. The molecule has 0 aliphatic rings. The van der Waals surface area contributed by atoms with Gasteiger partial charge in [-0.25, -0.2) is 4.98 Å². The van der Waals surface area contributed by atoms with Gasteiger partial charge in [-0.1, -0.05) is 12.1 Å². The number of benzene rings is 1. The van der Waals surface area contributed by atoms with Gasteiger partial charge in [0.25, 0.3) is 0 Å². The largest absolute Gasteiger partial charge is 0.573 e. The molecule has 0 bridgehead atoms. The van der Waals surface area contributed by atoms with Gasteiger partial charge < -0.3 is 16.2 Å². The Morgan fingerprint density at radius 3 is 2.21 bits per heavy atom. The number of nitrogens with two attached hydrogens (primary N) is 2. The fraction of sp³-hybridized carbons (Fsp3) is 0.0909. The van der Waals surface area contributed by atoms with Crippen LogP contribution in [0.2, 0.25) is 0 Å². The summed E-state index contributed by atoms with van der Waals surface area (Å²) in [6.45, 7) is 0. The van der Waals surface area contributed by atoms with Crippen LogP contribution in [-0.4, -0.2) is 16.3 Å². The van der Waals surface area contributed by atoms with E-state index >= 15 is 0 Å². The van der Waals surface area contributed by atoms with Gasteiger partial charge >= 0.3 is 6.36 Å². The Bertz CT molecular complexity index is 583. The van der Waals surface area contributed by atoms with Crippen molar-refractivity contribution in [2.24, 2.45) is 0 Å². The van der Waals surface area contributed by atoms with Crippen LogP contribution in [0.1, 0.15) is 0 Å². The van der Waals surface area contributed by atoms with Gasteiger partial charge in [-0.15, -0.1) is 13.2 Å². The fourth-order valence-corrected chi connectivity index (χ4v) is 1.47. The van der Waals surface area contributed by atoms with E-state index in [9.17, 15) is 13.2 Å². The zero-order chi connectivity index (χ0) is 14.0. The van der Waals surface area contributed by atoms with E-state index in [0.29, 0.717) is 11.1 Å². The van der Waals surface area contributed by atoms with Crippen LogP contribution in [-0.2, 0) is 0 Å². The fourth-order valence-electron chi connectivity index (χ4n) is 1.47. The second kappa shape index (κ2) is 4.63. The SMILES string of the molecule is Nc1ncc(-c2ccc(OC(F)(F)F)cc2)c(N)n1. The molecule has 1 aromatic carbocycles. The summed E-state index contributed by atoms with van der Waals surface area (Å²) in [5, 5.41) is 0. The van der Waals surface area contributed by atoms with Crippen LogP contribution < -0.4 is 16.2 Å². The molecular weight excluding hydrogens is 261 g/mol. The average molecular weight is 270 g/mol. The van der Waals surface area contributed by atoms with Crippen LogP contribution in [0.3, 0.4) is 0 Å². The summed E-state index contributed by atoms with van der Waals surface area (Å²) in [7, 11) is 0. The molecule has 2 aromatic rings. The zero-order valence-electron chi connectivity index (χ0n) is 9.48. The van der Waals surface area contributed by atoms with Gasteiger partial charge in [0.15, 0.2) is 0 Å². The maximum absolute atomic E-state index is 12.0. The van der Waals surface area contributed by atoms with Crippen molar-refractivity contribution in [3.63, 3.8) is 0 Å². The molecule has 19 heavy (non-hydrogen) atoms. The van der Waals surface area contributed by atoms with Crippen LogP contribution in [0.4, 0.5) is 24.9 Å². The summed E-state index contributed by atoms with van der Waals surface area (Å²) in [5.41, 5.74) is 12.0. The minimum atomic E-state index is -4.72. The maximum Gasteiger partial charge on any atom is 0.573 e. The Balaban J connectivity index is 2.27. The highest BCUT2D eigenvalue weighted by Gasteiger charge is 2.30. The van der Waals surface area contributed by atoms with E-state index in [2.05, 4.69) is 14.7 Å². The lowest BCUT2D eigenvalue weighted by molar-refractivity contribution is -0.274. The highest BCUT2D eigenvalue weighted by molar-refractivity contribution is 5.73. The average Bonchev–Trinajstić information content (AvgIpc) is 2.28. The molecule has 0 aliphatic heterocycles. The predicted octanol–water partition coefficient (Wildman–Crippen LogP) is 2.21. The number of nitrogen functional groups attached to an aromatic ring is 2. The second-order valence-electron chi connectivity index (χ2n) is 3.60. The molecule has 0 atom stereocenters. The third-order valence-corrected chi connectivity index (χ3v) is 2.24. The summed E-state index contributed by atoms with van der Waals surface area (Å²) in [6.07, 6.45) is -3.32. The van der Waals surface area contributed by atoms with Gasteiger partial charge in [-0.2, -0.15) is 4.98 Å². The molecule has 8 heteroatoms. The van der Waals surface area contributed by atoms with Crippen LogP contribution in [0.25, 0.3) is 11.1 Å². The van der Waals surface area contributed by atoms with Gasteiger partial charge in [0, 0.05) is 11.8 Å². The number of hydrogen-bond donors (Lipinski definition) is 2. The Kier molecular flexibility index (Phi) is 3.16. The van der Waals surface area contributed by atoms with Crippen LogP contribution in [0.5, 0.6) is 5.75 Å². The molecule has 0 saturated carbocycles. The minimum absolute atomic E-state index is 0.0262. The molecule has 0 unspecified atom stereocenters. The Morgan fingerprint density at radius 1 is 1.05 bits per heavy atom. The van der Waals surface area contributed by atoms with Gasteiger partial charge in [0.05, 0.1) is 0 Å². The molecule has 0 amide bonds. The molecule has 100 valence electrons. The first kappa shape index (κ1) is 12.9. The number of ether oxygens (including phenoxy) is 1. The van der Waals surface area contributed by atoms with Gasteiger partial charge in [-0.3, -0.25) is 0 Å². The van der Waals surface area contributed by atoms with Crippen molar-refractivity contribution in [2.45, 2.75) is 6.36 Å². The van der Waals surface area contributed by atoms with Crippen molar-refractivity contribution in [1.29, 1.82) is 0 Å². The third-order valence-electron chi connectivity index (χ3n) is 2.24. The molecule has 5 nitrogen and oxygen atoms in total.